The third-order valence-electron chi connectivity index (χ3n) is 4.14. The highest BCUT2D eigenvalue weighted by Crippen LogP contribution is 2.34. The molecule has 1 aromatic heterocycles. The van der Waals surface area contributed by atoms with E-state index in [4.69, 9.17) is 0 Å². The molecule has 1 heterocycles. The van der Waals surface area contributed by atoms with Gasteiger partial charge in [0, 0.05) is 11.6 Å². The fourth-order valence-corrected chi connectivity index (χ4v) is 2.85. The van der Waals surface area contributed by atoms with Crippen LogP contribution in [0.2, 0.25) is 0 Å². The topological polar surface area (TPSA) is 85.7 Å². The molecule has 0 aliphatic carbocycles. The second-order valence-electron chi connectivity index (χ2n) is 5.94. The van der Waals surface area contributed by atoms with Crippen molar-refractivity contribution in [1.82, 2.24) is 9.78 Å². The normalized spacial score (nSPS) is 11.0. The Morgan fingerprint density at radius 3 is 2.11 bits per heavy atom. The number of aromatic nitrogens is 2. The van der Waals surface area contributed by atoms with Gasteiger partial charge in [-0.05, 0) is 18.2 Å². The molecule has 0 saturated heterocycles. The van der Waals surface area contributed by atoms with E-state index >= 15 is 0 Å². The van der Waals surface area contributed by atoms with Crippen LogP contribution in [0.3, 0.4) is 0 Å². The van der Waals surface area contributed by atoms with Gasteiger partial charge in [-0.15, -0.1) is 10.2 Å². The van der Waals surface area contributed by atoms with Crippen molar-refractivity contribution in [3.8, 4) is 16.9 Å². The first-order chi connectivity index (χ1) is 13.7. The number of para-hydroxylation sites is 2. The minimum Gasteiger partial charge on any atom is -0.258 e. The molecule has 136 valence electrons. The molecule has 0 N–H and O–H groups in total. The molecular weight excluding hydrogens is 354 g/mol. The van der Waals surface area contributed by atoms with Gasteiger partial charge in [0.15, 0.2) is 5.69 Å². The molecule has 0 fully saturated rings. The molecule has 0 spiro atoms. The summed E-state index contributed by atoms with van der Waals surface area (Å²) in [5.74, 6) is 0. The van der Waals surface area contributed by atoms with Crippen LogP contribution >= 0.6 is 0 Å². The van der Waals surface area contributed by atoms with E-state index in [1.807, 2.05) is 60.7 Å². The number of azo groups is 1. The summed E-state index contributed by atoms with van der Waals surface area (Å²) in [6.07, 6.45) is 1.60. The summed E-state index contributed by atoms with van der Waals surface area (Å²) < 4.78 is 1.78. The maximum absolute atomic E-state index is 11.2. The van der Waals surface area contributed by atoms with Crippen LogP contribution in [0.5, 0.6) is 0 Å². The number of rotatable bonds is 5. The van der Waals surface area contributed by atoms with Crippen molar-refractivity contribution in [2.45, 2.75) is 0 Å². The van der Waals surface area contributed by atoms with Crippen LogP contribution in [0.15, 0.2) is 101 Å². The van der Waals surface area contributed by atoms with E-state index in [-0.39, 0.29) is 11.4 Å². The summed E-state index contributed by atoms with van der Waals surface area (Å²) in [5.41, 5.74) is 3.18. The fraction of sp³-hybridized carbons (Fsp3) is 0. The molecule has 0 radical (unpaired) electrons. The van der Waals surface area contributed by atoms with Gasteiger partial charge in [0.25, 0.3) is 5.69 Å². The van der Waals surface area contributed by atoms with Crippen LogP contribution < -0.4 is 0 Å². The molecule has 0 amide bonds. The van der Waals surface area contributed by atoms with Gasteiger partial charge in [0.1, 0.15) is 11.4 Å². The predicted molar refractivity (Wildman–Crippen MR) is 106 cm³/mol. The lowest BCUT2D eigenvalue weighted by atomic mass is 10.1. The maximum Gasteiger partial charge on any atom is 0.296 e. The highest BCUT2D eigenvalue weighted by molar-refractivity contribution is 5.74. The number of hydrogen-bond donors (Lipinski definition) is 0. The van der Waals surface area contributed by atoms with Crippen molar-refractivity contribution in [3.63, 3.8) is 0 Å². The Hall–Kier alpha value is -4.13. The first kappa shape index (κ1) is 17.3. The average Bonchev–Trinajstić information content (AvgIpc) is 3.17. The van der Waals surface area contributed by atoms with Crippen molar-refractivity contribution in [3.05, 3.63) is 101 Å². The van der Waals surface area contributed by atoms with Gasteiger partial charge in [-0.1, -0.05) is 60.7 Å². The zero-order valence-electron chi connectivity index (χ0n) is 14.7. The number of nitro benzene ring substituents is 1. The fourth-order valence-electron chi connectivity index (χ4n) is 2.85. The molecule has 0 aliphatic rings. The summed E-state index contributed by atoms with van der Waals surface area (Å²) in [7, 11) is 0. The Morgan fingerprint density at radius 1 is 0.786 bits per heavy atom. The van der Waals surface area contributed by atoms with Crippen LogP contribution in [-0.2, 0) is 0 Å². The Kier molecular flexibility index (Phi) is 4.71. The zero-order valence-corrected chi connectivity index (χ0v) is 14.7. The van der Waals surface area contributed by atoms with Gasteiger partial charge in [0.2, 0.25) is 0 Å². The number of nitro groups is 1. The van der Waals surface area contributed by atoms with Gasteiger partial charge in [-0.3, -0.25) is 10.1 Å². The summed E-state index contributed by atoms with van der Waals surface area (Å²) in [5, 5.41) is 24.1. The minimum atomic E-state index is -0.472. The van der Waals surface area contributed by atoms with Gasteiger partial charge in [-0.25, -0.2) is 4.68 Å². The van der Waals surface area contributed by atoms with Crippen molar-refractivity contribution < 1.29 is 4.92 Å². The quantitative estimate of drug-likeness (QED) is 0.251. The zero-order chi connectivity index (χ0) is 19.3. The lowest BCUT2D eigenvalue weighted by molar-refractivity contribution is -0.384. The smallest absolute Gasteiger partial charge is 0.258 e. The molecule has 0 aliphatic heterocycles. The molecular formula is C21H15N5O2. The Bertz CT molecular complexity index is 1140. The summed E-state index contributed by atoms with van der Waals surface area (Å²) >= 11 is 0. The second kappa shape index (κ2) is 7.63. The second-order valence-corrected chi connectivity index (χ2v) is 5.94. The van der Waals surface area contributed by atoms with Gasteiger partial charge >= 0.3 is 0 Å². The molecule has 0 unspecified atom stereocenters. The Labute approximate surface area is 160 Å². The van der Waals surface area contributed by atoms with E-state index in [2.05, 4.69) is 15.3 Å². The van der Waals surface area contributed by atoms with Crippen LogP contribution in [0, 0.1) is 10.1 Å². The largest absolute Gasteiger partial charge is 0.296 e. The lowest BCUT2D eigenvalue weighted by Crippen LogP contribution is -1.98. The molecule has 7 nitrogen and oxygen atoms in total. The molecule has 0 saturated carbocycles. The van der Waals surface area contributed by atoms with Gasteiger partial charge < -0.3 is 0 Å². The van der Waals surface area contributed by atoms with E-state index in [1.54, 1.807) is 29.1 Å². The first-order valence-corrected chi connectivity index (χ1v) is 8.58. The van der Waals surface area contributed by atoms with Crippen LogP contribution in [0.1, 0.15) is 0 Å². The molecule has 4 rings (SSSR count). The van der Waals surface area contributed by atoms with E-state index < -0.39 is 4.92 Å². The van der Waals surface area contributed by atoms with E-state index in [0.717, 1.165) is 16.9 Å². The molecule has 3 aromatic carbocycles. The van der Waals surface area contributed by atoms with Gasteiger partial charge in [-0.2, -0.15) is 5.10 Å². The molecule has 7 heteroatoms. The number of benzene rings is 3. The van der Waals surface area contributed by atoms with Crippen LogP contribution in [0.4, 0.5) is 17.1 Å². The molecule has 4 aromatic rings. The number of nitrogens with zero attached hydrogens (tertiary/aromatic N) is 5. The monoisotopic (exact) mass is 369 g/mol. The standard InChI is InChI=1S/C21H15N5O2/c27-26(28)20-14-8-7-13-18(20)23-24-19-15-22-25(17-11-5-2-6-12-17)21(19)16-9-3-1-4-10-16/h1-15H. The molecule has 0 bridgehead atoms. The Morgan fingerprint density at radius 2 is 1.39 bits per heavy atom. The predicted octanol–water partition coefficient (Wildman–Crippen LogP) is 5.86. The van der Waals surface area contributed by atoms with E-state index in [0.29, 0.717) is 5.69 Å². The third kappa shape index (κ3) is 3.41. The van der Waals surface area contributed by atoms with E-state index in [9.17, 15) is 10.1 Å². The van der Waals surface area contributed by atoms with Crippen LogP contribution in [-0.4, -0.2) is 14.7 Å². The van der Waals surface area contributed by atoms with Gasteiger partial charge in [0.05, 0.1) is 16.8 Å². The minimum absolute atomic E-state index is 0.0945. The van der Waals surface area contributed by atoms with Crippen molar-refractivity contribution >= 4 is 17.1 Å². The first-order valence-electron chi connectivity index (χ1n) is 8.58. The lowest BCUT2D eigenvalue weighted by Gasteiger charge is -2.08. The van der Waals surface area contributed by atoms with Crippen molar-refractivity contribution in [2.75, 3.05) is 0 Å². The maximum atomic E-state index is 11.2. The number of hydrogen-bond acceptors (Lipinski definition) is 5. The highest BCUT2D eigenvalue weighted by Gasteiger charge is 2.16. The Balaban J connectivity index is 1.83. The average molecular weight is 369 g/mol. The van der Waals surface area contributed by atoms with Crippen LogP contribution in [0.25, 0.3) is 16.9 Å². The summed E-state index contributed by atoms with van der Waals surface area (Å²) in [4.78, 5) is 10.7. The summed E-state index contributed by atoms with van der Waals surface area (Å²) in [6, 6.07) is 25.7. The van der Waals surface area contributed by atoms with E-state index in [1.165, 1.54) is 6.07 Å². The molecule has 28 heavy (non-hydrogen) atoms. The summed E-state index contributed by atoms with van der Waals surface area (Å²) in [6.45, 7) is 0. The third-order valence-corrected chi connectivity index (χ3v) is 4.14. The SMILES string of the molecule is O=[N+]([O-])c1ccccc1N=Nc1cnn(-c2ccccc2)c1-c1ccccc1. The van der Waals surface area contributed by atoms with Crippen molar-refractivity contribution in [1.29, 1.82) is 0 Å². The molecule has 0 atom stereocenters. The van der Waals surface area contributed by atoms with Crippen molar-refractivity contribution in [2.24, 2.45) is 10.2 Å². The highest BCUT2D eigenvalue weighted by atomic mass is 16.6.